The molecule has 0 saturated heterocycles. The average Bonchev–Trinajstić information content (AvgIpc) is 2.63. The number of carbonyl (C=O) groups is 1. The lowest BCUT2D eigenvalue weighted by Gasteiger charge is -2.22. The van der Waals surface area contributed by atoms with Crippen LogP contribution in [0.1, 0.15) is 57.3 Å². The summed E-state index contributed by atoms with van der Waals surface area (Å²) < 4.78 is 1.81. The molecule has 4 heteroatoms. The maximum absolute atomic E-state index is 12.0. The van der Waals surface area contributed by atoms with Gasteiger partial charge in [-0.1, -0.05) is 27.7 Å². The summed E-state index contributed by atoms with van der Waals surface area (Å²) in [7, 11) is 0. The fourth-order valence-corrected chi connectivity index (χ4v) is 2.07. The number of hydrogen-bond acceptors (Lipinski definition) is 3. The molecule has 18 heavy (non-hydrogen) atoms. The lowest BCUT2D eigenvalue weighted by Crippen LogP contribution is -2.28. The normalized spacial score (nSPS) is 13.6. The predicted octanol–water partition coefficient (Wildman–Crippen LogP) is 2.63. The van der Waals surface area contributed by atoms with Crippen LogP contribution >= 0.6 is 0 Å². The van der Waals surface area contributed by atoms with Crippen LogP contribution in [0.3, 0.4) is 0 Å². The molecule has 1 atom stereocenters. The zero-order valence-electron chi connectivity index (χ0n) is 11.9. The summed E-state index contributed by atoms with van der Waals surface area (Å²) in [5.74, 6) is 0.0918. The molecular formula is C14H25N3O. The van der Waals surface area contributed by atoms with E-state index in [0.717, 1.165) is 19.4 Å². The Labute approximate surface area is 110 Å². The van der Waals surface area contributed by atoms with E-state index in [2.05, 4.69) is 32.8 Å². The third-order valence-electron chi connectivity index (χ3n) is 2.73. The van der Waals surface area contributed by atoms with E-state index < -0.39 is 0 Å². The van der Waals surface area contributed by atoms with Crippen LogP contribution in [-0.2, 0) is 6.54 Å². The zero-order valence-corrected chi connectivity index (χ0v) is 11.9. The van der Waals surface area contributed by atoms with E-state index in [1.165, 1.54) is 0 Å². The fraction of sp³-hybridized carbons (Fsp3) is 0.714. The molecule has 0 spiro atoms. The van der Waals surface area contributed by atoms with Crippen molar-refractivity contribution in [3.8, 4) is 0 Å². The molecule has 0 amide bonds. The smallest absolute Gasteiger partial charge is 0.167 e. The number of ketones is 1. The van der Waals surface area contributed by atoms with E-state index in [1.54, 1.807) is 6.20 Å². The first kappa shape index (κ1) is 14.9. The Balaban J connectivity index is 2.53. The molecule has 0 aliphatic rings. The SMILES string of the molecule is CCCn1cc(C(=O)CC(N)CC(C)(C)C)cn1. The van der Waals surface area contributed by atoms with Crippen molar-refractivity contribution >= 4 is 5.78 Å². The van der Waals surface area contributed by atoms with Crippen LogP contribution in [0.2, 0.25) is 0 Å². The van der Waals surface area contributed by atoms with Gasteiger partial charge in [0.1, 0.15) is 0 Å². The Morgan fingerprint density at radius 3 is 2.72 bits per heavy atom. The van der Waals surface area contributed by atoms with Crippen molar-refractivity contribution in [3.05, 3.63) is 18.0 Å². The van der Waals surface area contributed by atoms with Gasteiger partial charge in [-0.25, -0.2) is 0 Å². The summed E-state index contributed by atoms with van der Waals surface area (Å²) >= 11 is 0. The highest BCUT2D eigenvalue weighted by Crippen LogP contribution is 2.21. The molecular weight excluding hydrogens is 226 g/mol. The average molecular weight is 251 g/mol. The van der Waals surface area contributed by atoms with Gasteiger partial charge in [0.2, 0.25) is 0 Å². The lowest BCUT2D eigenvalue weighted by molar-refractivity contribution is 0.0968. The summed E-state index contributed by atoms with van der Waals surface area (Å²) in [5.41, 5.74) is 6.85. The zero-order chi connectivity index (χ0) is 13.8. The van der Waals surface area contributed by atoms with Gasteiger partial charge in [0.15, 0.2) is 5.78 Å². The van der Waals surface area contributed by atoms with Gasteiger partial charge in [0.25, 0.3) is 0 Å². The number of Topliss-reactive ketones (excluding diaryl/α,β-unsaturated/α-hetero) is 1. The molecule has 1 heterocycles. The highest BCUT2D eigenvalue weighted by molar-refractivity contribution is 5.95. The van der Waals surface area contributed by atoms with E-state index in [0.29, 0.717) is 12.0 Å². The predicted molar refractivity (Wildman–Crippen MR) is 73.5 cm³/mol. The number of carbonyl (C=O) groups excluding carboxylic acids is 1. The third-order valence-corrected chi connectivity index (χ3v) is 2.73. The third kappa shape index (κ3) is 5.00. The maximum atomic E-state index is 12.0. The second-order valence-corrected chi connectivity index (χ2v) is 6.14. The monoisotopic (exact) mass is 251 g/mol. The van der Waals surface area contributed by atoms with Crippen molar-refractivity contribution in [2.45, 2.75) is 59.5 Å². The standard InChI is InChI=1S/C14H25N3O/c1-5-6-17-10-11(9-16-17)13(18)7-12(15)8-14(2,3)4/h9-10,12H,5-8,15H2,1-4H3. The second-order valence-electron chi connectivity index (χ2n) is 6.14. The van der Waals surface area contributed by atoms with Gasteiger partial charge in [-0.15, -0.1) is 0 Å². The van der Waals surface area contributed by atoms with E-state index in [1.807, 2.05) is 10.9 Å². The lowest BCUT2D eigenvalue weighted by atomic mass is 9.86. The van der Waals surface area contributed by atoms with E-state index in [4.69, 9.17) is 5.73 Å². The van der Waals surface area contributed by atoms with Crippen LogP contribution in [-0.4, -0.2) is 21.6 Å². The first-order chi connectivity index (χ1) is 8.31. The minimum atomic E-state index is -0.0768. The second kappa shape index (κ2) is 6.14. The molecule has 0 aromatic carbocycles. The fourth-order valence-electron chi connectivity index (χ4n) is 2.07. The van der Waals surface area contributed by atoms with Gasteiger partial charge in [-0.05, 0) is 18.3 Å². The molecule has 0 aliphatic carbocycles. The van der Waals surface area contributed by atoms with Crippen LogP contribution in [0.4, 0.5) is 0 Å². The van der Waals surface area contributed by atoms with Crippen LogP contribution in [0.5, 0.6) is 0 Å². The summed E-state index contributed by atoms with van der Waals surface area (Å²) in [6, 6.07) is -0.0768. The molecule has 0 saturated carbocycles. The molecule has 4 nitrogen and oxygen atoms in total. The highest BCUT2D eigenvalue weighted by atomic mass is 16.1. The van der Waals surface area contributed by atoms with E-state index in [-0.39, 0.29) is 17.2 Å². The summed E-state index contributed by atoms with van der Waals surface area (Å²) in [6.07, 6.45) is 5.72. The van der Waals surface area contributed by atoms with Gasteiger partial charge < -0.3 is 5.73 Å². The first-order valence-electron chi connectivity index (χ1n) is 6.63. The molecule has 1 aromatic rings. The molecule has 0 bridgehead atoms. The molecule has 0 fully saturated rings. The molecule has 0 aliphatic heterocycles. The molecule has 1 rings (SSSR count). The molecule has 0 radical (unpaired) electrons. The van der Waals surface area contributed by atoms with Crippen LogP contribution in [0, 0.1) is 5.41 Å². The van der Waals surface area contributed by atoms with Crippen molar-refractivity contribution < 1.29 is 4.79 Å². The summed E-state index contributed by atoms with van der Waals surface area (Å²) in [4.78, 5) is 12.0. The number of aryl methyl sites for hydroxylation is 1. The largest absolute Gasteiger partial charge is 0.327 e. The van der Waals surface area contributed by atoms with Gasteiger partial charge in [0.05, 0.1) is 11.8 Å². The van der Waals surface area contributed by atoms with Gasteiger partial charge in [0, 0.05) is 25.2 Å². The number of nitrogens with zero attached hydrogens (tertiary/aromatic N) is 2. The van der Waals surface area contributed by atoms with Gasteiger partial charge in [-0.2, -0.15) is 5.10 Å². The first-order valence-corrected chi connectivity index (χ1v) is 6.63. The summed E-state index contributed by atoms with van der Waals surface area (Å²) in [6.45, 7) is 9.34. The van der Waals surface area contributed by atoms with Crippen LogP contribution < -0.4 is 5.73 Å². The Morgan fingerprint density at radius 1 is 1.50 bits per heavy atom. The van der Waals surface area contributed by atoms with E-state index >= 15 is 0 Å². The van der Waals surface area contributed by atoms with E-state index in [9.17, 15) is 4.79 Å². The van der Waals surface area contributed by atoms with Crippen LogP contribution in [0.15, 0.2) is 12.4 Å². The van der Waals surface area contributed by atoms with Crippen molar-refractivity contribution in [1.82, 2.24) is 9.78 Å². The Hall–Kier alpha value is -1.16. The molecule has 102 valence electrons. The summed E-state index contributed by atoms with van der Waals surface area (Å²) in [5, 5.41) is 4.16. The maximum Gasteiger partial charge on any atom is 0.167 e. The van der Waals surface area contributed by atoms with Crippen molar-refractivity contribution in [3.63, 3.8) is 0 Å². The quantitative estimate of drug-likeness (QED) is 0.791. The van der Waals surface area contributed by atoms with Crippen molar-refractivity contribution in [2.75, 3.05) is 0 Å². The molecule has 1 unspecified atom stereocenters. The molecule has 1 aromatic heterocycles. The van der Waals surface area contributed by atoms with Gasteiger partial charge >= 0.3 is 0 Å². The molecule has 2 N–H and O–H groups in total. The van der Waals surface area contributed by atoms with Crippen molar-refractivity contribution in [1.29, 1.82) is 0 Å². The van der Waals surface area contributed by atoms with Gasteiger partial charge in [-0.3, -0.25) is 9.48 Å². The van der Waals surface area contributed by atoms with Crippen molar-refractivity contribution in [2.24, 2.45) is 11.1 Å². The highest BCUT2D eigenvalue weighted by Gasteiger charge is 2.19. The Morgan fingerprint density at radius 2 is 2.17 bits per heavy atom. The minimum Gasteiger partial charge on any atom is -0.327 e. The number of nitrogens with two attached hydrogens (primary N) is 1. The minimum absolute atomic E-state index is 0.0768. The topological polar surface area (TPSA) is 60.9 Å². The number of aromatic nitrogens is 2. The Kier molecular flexibility index (Phi) is 5.08. The number of rotatable bonds is 6. The van der Waals surface area contributed by atoms with Crippen LogP contribution in [0.25, 0.3) is 0 Å². The number of hydrogen-bond donors (Lipinski definition) is 1. The Bertz CT molecular complexity index is 390.